The Morgan fingerprint density at radius 3 is 2.41 bits per heavy atom. The molecule has 0 atom stereocenters. The van der Waals surface area contributed by atoms with E-state index in [2.05, 4.69) is 4.74 Å². The number of alkyl halides is 2. The predicted molar refractivity (Wildman–Crippen MR) is 59.4 cm³/mol. The van der Waals surface area contributed by atoms with Crippen LogP contribution in [0.15, 0.2) is 24.3 Å². The minimum absolute atomic E-state index is 0.0818. The molecule has 0 amide bonds. The van der Waals surface area contributed by atoms with Crippen LogP contribution in [0.5, 0.6) is 5.75 Å². The van der Waals surface area contributed by atoms with Gasteiger partial charge in [0.2, 0.25) is 0 Å². The molecular weight excluding hydrogens is 226 g/mol. The fraction of sp³-hybridized carbons (Fsp3) is 0.462. The smallest absolute Gasteiger partial charge is 0.387 e. The van der Waals surface area contributed by atoms with Crippen molar-refractivity contribution in [2.24, 2.45) is 5.92 Å². The maximum absolute atomic E-state index is 11.9. The summed E-state index contributed by atoms with van der Waals surface area (Å²) in [6.45, 7) is -2.83. The third-order valence-electron chi connectivity index (χ3n) is 3.10. The van der Waals surface area contributed by atoms with Crippen molar-refractivity contribution in [3.8, 4) is 5.75 Å². The van der Waals surface area contributed by atoms with Gasteiger partial charge in [0.1, 0.15) is 5.75 Å². The Morgan fingerprint density at radius 1 is 1.29 bits per heavy atom. The van der Waals surface area contributed by atoms with Gasteiger partial charge in [-0.15, -0.1) is 0 Å². The number of ketones is 1. The van der Waals surface area contributed by atoms with Gasteiger partial charge < -0.3 is 4.74 Å². The van der Waals surface area contributed by atoms with Crippen LogP contribution in [0.1, 0.15) is 36.0 Å². The zero-order valence-corrected chi connectivity index (χ0v) is 9.36. The van der Waals surface area contributed by atoms with E-state index in [-0.39, 0.29) is 11.5 Å². The first-order valence-electron chi connectivity index (χ1n) is 5.73. The van der Waals surface area contributed by atoms with Gasteiger partial charge in [-0.3, -0.25) is 4.79 Å². The van der Waals surface area contributed by atoms with Crippen LogP contribution in [0.25, 0.3) is 0 Å². The standard InChI is InChI=1S/C13H14F2O2/c14-13(15)17-11-6-4-10(5-7-11)12(16)8-9-2-1-3-9/h4-7,9,13H,1-3,8H2. The molecule has 0 unspecified atom stereocenters. The monoisotopic (exact) mass is 240 g/mol. The summed E-state index contributed by atoms with van der Waals surface area (Å²) in [5, 5.41) is 0. The van der Waals surface area contributed by atoms with Crippen molar-refractivity contribution in [2.45, 2.75) is 32.3 Å². The van der Waals surface area contributed by atoms with Gasteiger partial charge in [-0.1, -0.05) is 19.3 Å². The molecule has 1 fully saturated rings. The molecule has 1 aromatic rings. The number of ether oxygens (including phenoxy) is 1. The summed E-state index contributed by atoms with van der Waals surface area (Å²) >= 11 is 0. The number of carbonyl (C=O) groups excluding carboxylic acids is 1. The number of Topliss-reactive ketones (excluding diaryl/α,β-unsaturated/α-hetero) is 1. The average Bonchev–Trinajstić information content (AvgIpc) is 2.23. The van der Waals surface area contributed by atoms with Gasteiger partial charge in [-0.05, 0) is 30.2 Å². The molecule has 92 valence electrons. The van der Waals surface area contributed by atoms with E-state index in [1.54, 1.807) is 12.1 Å². The summed E-state index contributed by atoms with van der Waals surface area (Å²) in [7, 11) is 0. The van der Waals surface area contributed by atoms with Gasteiger partial charge in [0, 0.05) is 12.0 Å². The molecule has 0 aromatic heterocycles. The Labute approximate surface area is 98.6 Å². The number of rotatable bonds is 5. The number of hydrogen-bond donors (Lipinski definition) is 0. The fourth-order valence-electron chi connectivity index (χ4n) is 1.90. The predicted octanol–water partition coefficient (Wildman–Crippen LogP) is 3.66. The van der Waals surface area contributed by atoms with Crippen molar-refractivity contribution < 1.29 is 18.3 Å². The summed E-state index contributed by atoms with van der Waals surface area (Å²) in [6.07, 6.45) is 4.02. The second kappa shape index (κ2) is 5.25. The van der Waals surface area contributed by atoms with Crippen molar-refractivity contribution in [2.75, 3.05) is 0 Å². The highest BCUT2D eigenvalue weighted by Gasteiger charge is 2.21. The van der Waals surface area contributed by atoms with Crippen LogP contribution in [0.3, 0.4) is 0 Å². The molecule has 0 aliphatic heterocycles. The molecule has 4 heteroatoms. The summed E-state index contributed by atoms with van der Waals surface area (Å²) < 4.78 is 28.0. The molecule has 17 heavy (non-hydrogen) atoms. The Bertz CT molecular complexity index is 383. The van der Waals surface area contributed by atoms with Gasteiger partial charge in [0.05, 0.1) is 0 Å². The fourth-order valence-corrected chi connectivity index (χ4v) is 1.90. The zero-order chi connectivity index (χ0) is 12.3. The molecule has 0 saturated heterocycles. The highest BCUT2D eigenvalue weighted by atomic mass is 19.3. The first kappa shape index (κ1) is 12.0. The third-order valence-corrected chi connectivity index (χ3v) is 3.10. The molecule has 0 radical (unpaired) electrons. The van der Waals surface area contributed by atoms with Crippen molar-refractivity contribution in [1.82, 2.24) is 0 Å². The van der Waals surface area contributed by atoms with Gasteiger partial charge in [0.25, 0.3) is 0 Å². The van der Waals surface area contributed by atoms with Crippen molar-refractivity contribution in [3.05, 3.63) is 29.8 Å². The first-order chi connectivity index (χ1) is 8.15. The second-order valence-electron chi connectivity index (χ2n) is 4.33. The minimum Gasteiger partial charge on any atom is -0.435 e. The maximum atomic E-state index is 11.9. The molecule has 1 aliphatic rings. The van der Waals surface area contributed by atoms with Crippen molar-refractivity contribution in [1.29, 1.82) is 0 Å². The van der Waals surface area contributed by atoms with Gasteiger partial charge in [-0.2, -0.15) is 8.78 Å². The molecule has 0 spiro atoms. The van der Waals surface area contributed by atoms with Crippen LogP contribution in [0.4, 0.5) is 8.78 Å². The lowest BCUT2D eigenvalue weighted by molar-refractivity contribution is -0.0498. The van der Waals surface area contributed by atoms with Crippen LogP contribution >= 0.6 is 0 Å². The lowest BCUT2D eigenvalue weighted by Gasteiger charge is -2.24. The van der Waals surface area contributed by atoms with E-state index < -0.39 is 6.61 Å². The van der Waals surface area contributed by atoms with Crippen molar-refractivity contribution in [3.63, 3.8) is 0 Å². The van der Waals surface area contributed by atoms with Gasteiger partial charge in [-0.25, -0.2) is 0 Å². The lowest BCUT2D eigenvalue weighted by Crippen LogP contribution is -2.15. The maximum Gasteiger partial charge on any atom is 0.387 e. The van der Waals surface area contributed by atoms with Crippen LogP contribution in [0, 0.1) is 5.92 Å². The van der Waals surface area contributed by atoms with Crippen molar-refractivity contribution >= 4 is 5.78 Å². The van der Waals surface area contributed by atoms with Gasteiger partial charge in [0.15, 0.2) is 5.78 Å². The molecule has 1 aliphatic carbocycles. The molecule has 1 aromatic carbocycles. The third kappa shape index (κ3) is 3.25. The highest BCUT2D eigenvalue weighted by Crippen LogP contribution is 2.30. The highest BCUT2D eigenvalue weighted by molar-refractivity contribution is 5.96. The Balaban J connectivity index is 1.94. The Kier molecular flexibility index (Phi) is 3.71. The molecule has 0 N–H and O–H groups in total. The van der Waals surface area contributed by atoms with Crippen LogP contribution < -0.4 is 4.74 Å². The minimum atomic E-state index is -2.83. The summed E-state index contributed by atoms with van der Waals surface area (Å²) in [5.41, 5.74) is 0.568. The second-order valence-corrected chi connectivity index (χ2v) is 4.33. The first-order valence-corrected chi connectivity index (χ1v) is 5.73. The largest absolute Gasteiger partial charge is 0.435 e. The summed E-state index contributed by atoms with van der Waals surface area (Å²) in [5.74, 6) is 0.679. The van der Waals surface area contributed by atoms with Crippen LogP contribution in [-0.4, -0.2) is 12.4 Å². The van der Waals surface area contributed by atoms with Gasteiger partial charge >= 0.3 is 6.61 Å². The number of carbonyl (C=O) groups is 1. The van der Waals surface area contributed by atoms with E-state index in [9.17, 15) is 13.6 Å². The van der Waals surface area contributed by atoms with Crippen LogP contribution in [0.2, 0.25) is 0 Å². The van der Waals surface area contributed by atoms with Crippen LogP contribution in [-0.2, 0) is 0 Å². The normalized spacial score (nSPS) is 15.7. The van der Waals surface area contributed by atoms with E-state index in [0.717, 1.165) is 12.8 Å². The average molecular weight is 240 g/mol. The topological polar surface area (TPSA) is 26.3 Å². The van der Waals surface area contributed by atoms with E-state index in [1.807, 2.05) is 0 Å². The number of benzene rings is 1. The molecule has 0 bridgehead atoms. The van der Waals surface area contributed by atoms with E-state index in [1.165, 1.54) is 18.6 Å². The number of halogens is 2. The quantitative estimate of drug-likeness (QED) is 0.734. The Hall–Kier alpha value is -1.45. The number of hydrogen-bond acceptors (Lipinski definition) is 2. The lowest BCUT2D eigenvalue weighted by atomic mass is 9.81. The molecule has 1 saturated carbocycles. The van der Waals surface area contributed by atoms with E-state index in [4.69, 9.17) is 0 Å². The zero-order valence-electron chi connectivity index (χ0n) is 9.36. The summed E-state index contributed by atoms with van der Waals surface area (Å²) in [4.78, 5) is 11.8. The summed E-state index contributed by atoms with van der Waals surface area (Å²) in [6, 6.07) is 5.89. The molecular formula is C13H14F2O2. The Morgan fingerprint density at radius 2 is 1.94 bits per heavy atom. The van der Waals surface area contributed by atoms with E-state index in [0.29, 0.717) is 17.9 Å². The van der Waals surface area contributed by atoms with E-state index >= 15 is 0 Å². The molecule has 0 heterocycles. The molecule has 2 nitrogen and oxygen atoms in total. The SMILES string of the molecule is O=C(CC1CCC1)c1ccc(OC(F)F)cc1. The molecule has 2 rings (SSSR count).